The molecular formula is C48H94N2O10. The highest BCUT2D eigenvalue weighted by atomic mass is 16.7. The van der Waals surface area contributed by atoms with E-state index in [0.717, 1.165) is 44.4 Å². The maximum atomic E-state index is 13.2. The Balaban J connectivity index is 2.54. The zero-order valence-corrected chi connectivity index (χ0v) is 38.7. The average Bonchev–Trinajstić information content (AvgIpc) is 3.22. The standard InChI is InChI=1S/C48H94N2O10/c1-5-6-7-8-9-10-11-12-13-14-15-16-17-18-21-25-28-31-34-41(54)47(58)50-39(36-59-48-43(49-38(4)52)46(57)45(56)42(35-51)60-48)44(55)40(53)33-30-27-24-22-19-20-23-26-29-32-37(2)3/h37,39-46,48,51,53-57H,5-36H2,1-4H3,(H,49,52)(H,50,58). The molecule has 1 heterocycles. The summed E-state index contributed by atoms with van der Waals surface area (Å²) in [5.41, 5.74) is 0. The second-order valence-electron chi connectivity index (χ2n) is 18.4. The van der Waals surface area contributed by atoms with E-state index in [1.807, 2.05) is 0 Å². The van der Waals surface area contributed by atoms with Gasteiger partial charge in [-0.2, -0.15) is 0 Å². The van der Waals surface area contributed by atoms with Gasteiger partial charge in [0.25, 0.3) is 0 Å². The molecule has 12 heteroatoms. The summed E-state index contributed by atoms with van der Waals surface area (Å²) in [6, 6.07) is -2.38. The van der Waals surface area contributed by atoms with Crippen LogP contribution in [0.15, 0.2) is 0 Å². The minimum atomic E-state index is -1.53. The topological polar surface area (TPSA) is 198 Å². The second kappa shape index (κ2) is 37.0. The van der Waals surface area contributed by atoms with Crippen LogP contribution in [-0.2, 0) is 19.1 Å². The van der Waals surface area contributed by atoms with Gasteiger partial charge in [0.1, 0.15) is 36.6 Å². The molecule has 0 aromatic carbocycles. The van der Waals surface area contributed by atoms with E-state index in [9.17, 15) is 40.2 Å². The van der Waals surface area contributed by atoms with Crippen LogP contribution in [0.2, 0.25) is 0 Å². The van der Waals surface area contributed by atoms with Crippen molar-refractivity contribution in [2.45, 2.75) is 275 Å². The quantitative estimate of drug-likeness (QED) is 0.0281. The largest absolute Gasteiger partial charge is 0.394 e. The van der Waals surface area contributed by atoms with E-state index in [2.05, 4.69) is 31.4 Å². The van der Waals surface area contributed by atoms with E-state index < -0.39 is 80.0 Å². The smallest absolute Gasteiger partial charge is 0.249 e. The highest BCUT2D eigenvalue weighted by molar-refractivity contribution is 5.80. The molecule has 0 aliphatic carbocycles. The summed E-state index contributed by atoms with van der Waals surface area (Å²) in [6.07, 6.45) is 24.8. The van der Waals surface area contributed by atoms with Crippen LogP contribution in [0.1, 0.15) is 220 Å². The fourth-order valence-electron chi connectivity index (χ4n) is 8.27. The SMILES string of the molecule is CCCCCCCCCCCCCCCCCCCCC(O)C(=O)NC(COC1OC(CO)C(O)C(O)C1NC(C)=O)C(O)C(O)CCCCCCCCCCCC(C)C. The van der Waals surface area contributed by atoms with Crippen LogP contribution < -0.4 is 10.6 Å². The van der Waals surface area contributed by atoms with Crippen molar-refractivity contribution < 1.29 is 49.7 Å². The highest BCUT2D eigenvalue weighted by Crippen LogP contribution is 2.24. The van der Waals surface area contributed by atoms with E-state index in [-0.39, 0.29) is 6.42 Å². The third-order valence-corrected chi connectivity index (χ3v) is 12.2. The number of unbranched alkanes of at least 4 members (excludes halogenated alkanes) is 25. The Bertz CT molecular complexity index is 1020. The van der Waals surface area contributed by atoms with Crippen molar-refractivity contribution in [2.75, 3.05) is 13.2 Å². The molecule has 12 nitrogen and oxygen atoms in total. The molecule has 0 saturated carbocycles. The molecule has 0 bridgehead atoms. The Morgan fingerprint density at radius 1 is 0.617 bits per heavy atom. The van der Waals surface area contributed by atoms with Gasteiger partial charge in [0.2, 0.25) is 11.8 Å². The summed E-state index contributed by atoms with van der Waals surface area (Å²) in [6.45, 7) is 6.98. The first-order valence-electron chi connectivity index (χ1n) is 24.8. The molecule has 60 heavy (non-hydrogen) atoms. The number of hydrogen-bond donors (Lipinski definition) is 8. The van der Waals surface area contributed by atoms with E-state index in [0.29, 0.717) is 19.3 Å². The third-order valence-electron chi connectivity index (χ3n) is 12.2. The maximum absolute atomic E-state index is 13.2. The van der Waals surface area contributed by atoms with E-state index in [1.54, 1.807) is 0 Å². The minimum absolute atomic E-state index is 0.257. The normalized spacial score (nSPS) is 21.5. The molecule has 356 valence electrons. The molecule has 0 spiro atoms. The van der Waals surface area contributed by atoms with Crippen molar-refractivity contribution in [2.24, 2.45) is 5.92 Å². The van der Waals surface area contributed by atoms with Gasteiger partial charge in [-0.15, -0.1) is 0 Å². The molecule has 0 radical (unpaired) electrons. The van der Waals surface area contributed by atoms with Gasteiger partial charge in [-0.25, -0.2) is 0 Å². The number of ether oxygens (including phenoxy) is 2. The number of amides is 2. The predicted octanol–water partition coefficient (Wildman–Crippen LogP) is 7.89. The highest BCUT2D eigenvalue weighted by Gasteiger charge is 2.46. The van der Waals surface area contributed by atoms with Crippen molar-refractivity contribution >= 4 is 11.8 Å². The van der Waals surface area contributed by atoms with Gasteiger partial charge in [0.05, 0.1) is 25.4 Å². The van der Waals surface area contributed by atoms with Gasteiger partial charge in [0, 0.05) is 6.92 Å². The van der Waals surface area contributed by atoms with Crippen molar-refractivity contribution in [3.63, 3.8) is 0 Å². The van der Waals surface area contributed by atoms with Gasteiger partial charge in [0.15, 0.2) is 6.29 Å². The Morgan fingerprint density at radius 3 is 1.45 bits per heavy atom. The molecule has 0 aromatic rings. The van der Waals surface area contributed by atoms with Crippen LogP contribution in [0.5, 0.6) is 0 Å². The van der Waals surface area contributed by atoms with Crippen LogP contribution in [0.3, 0.4) is 0 Å². The number of carbonyl (C=O) groups is 2. The second-order valence-corrected chi connectivity index (χ2v) is 18.4. The Kier molecular flexibility index (Phi) is 35.0. The lowest BCUT2D eigenvalue weighted by Gasteiger charge is -2.42. The van der Waals surface area contributed by atoms with Gasteiger partial charge >= 0.3 is 0 Å². The zero-order chi connectivity index (χ0) is 44.4. The molecule has 9 atom stereocenters. The lowest BCUT2D eigenvalue weighted by molar-refractivity contribution is -0.272. The summed E-state index contributed by atoms with van der Waals surface area (Å²) in [5, 5.41) is 69.1. The molecule has 9 unspecified atom stereocenters. The Morgan fingerprint density at radius 2 is 1.03 bits per heavy atom. The van der Waals surface area contributed by atoms with Crippen LogP contribution >= 0.6 is 0 Å². The molecule has 0 aromatic heterocycles. The fourth-order valence-corrected chi connectivity index (χ4v) is 8.27. The van der Waals surface area contributed by atoms with Crippen LogP contribution in [0.25, 0.3) is 0 Å². The van der Waals surface area contributed by atoms with Crippen molar-refractivity contribution in [1.29, 1.82) is 0 Å². The van der Waals surface area contributed by atoms with E-state index in [1.165, 1.54) is 135 Å². The third kappa shape index (κ3) is 27.6. The summed E-state index contributed by atoms with van der Waals surface area (Å²) >= 11 is 0. The number of hydrogen-bond acceptors (Lipinski definition) is 10. The average molecular weight is 859 g/mol. The first-order chi connectivity index (χ1) is 28.9. The molecule has 8 N–H and O–H groups in total. The Labute approximate surface area is 365 Å². The first kappa shape index (κ1) is 56.6. The predicted molar refractivity (Wildman–Crippen MR) is 240 cm³/mol. The molecular weight excluding hydrogens is 765 g/mol. The number of carbonyl (C=O) groups excluding carboxylic acids is 2. The van der Waals surface area contributed by atoms with Gasteiger partial charge in [-0.1, -0.05) is 201 Å². The van der Waals surface area contributed by atoms with Crippen LogP contribution in [-0.4, -0.2) is 111 Å². The summed E-state index contributed by atoms with van der Waals surface area (Å²) in [7, 11) is 0. The van der Waals surface area contributed by atoms with Crippen molar-refractivity contribution in [3.05, 3.63) is 0 Å². The molecule has 1 saturated heterocycles. The van der Waals surface area contributed by atoms with Gasteiger partial charge in [-0.05, 0) is 18.8 Å². The van der Waals surface area contributed by atoms with Gasteiger partial charge in [-0.3, -0.25) is 9.59 Å². The molecule has 1 rings (SSSR count). The lowest BCUT2D eigenvalue weighted by atomic mass is 9.96. The summed E-state index contributed by atoms with van der Waals surface area (Å²) in [4.78, 5) is 25.1. The number of rotatable bonds is 40. The monoisotopic (exact) mass is 859 g/mol. The van der Waals surface area contributed by atoms with Crippen LogP contribution in [0, 0.1) is 5.92 Å². The van der Waals surface area contributed by atoms with Crippen molar-refractivity contribution in [3.8, 4) is 0 Å². The van der Waals surface area contributed by atoms with Crippen LogP contribution in [0.4, 0.5) is 0 Å². The zero-order valence-electron chi connectivity index (χ0n) is 38.7. The Hall–Kier alpha value is -1.38. The minimum Gasteiger partial charge on any atom is -0.394 e. The van der Waals surface area contributed by atoms with E-state index in [4.69, 9.17) is 9.47 Å². The molecule has 1 aliphatic heterocycles. The van der Waals surface area contributed by atoms with Crippen molar-refractivity contribution in [1.82, 2.24) is 10.6 Å². The molecule has 2 amide bonds. The fraction of sp³-hybridized carbons (Fsp3) is 0.958. The maximum Gasteiger partial charge on any atom is 0.249 e. The summed E-state index contributed by atoms with van der Waals surface area (Å²) < 4.78 is 11.6. The van der Waals surface area contributed by atoms with Gasteiger partial charge < -0.3 is 50.7 Å². The summed E-state index contributed by atoms with van der Waals surface area (Å²) in [5.74, 6) is -0.456. The lowest BCUT2D eigenvalue weighted by Crippen LogP contribution is -2.65. The number of nitrogens with one attached hydrogen (secondary N) is 2. The van der Waals surface area contributed by atoms with E-state index >= 15 is 0 Å². The number of aliphatic hydroxyl groups is 6. The molecule has 1 aliphatic rings. The molecule has 1 fully saturated rings. The number of aliphatic hydroxyl groups excluding tert-OH is 6. The first-order valence-corrected chi connectivity index (χ1v) is 24.8.